The van der Waals surface area contributed by atoms with Gasteiger partial charge in [0, 0.05) is 17.8 Å². The summed E-state index contributed by atoms with van der Waals surface area (Å²) in [6, 6.07) is 6.30. The van der Waals surface area contributed by atoms with E-state index in [1.54, 1.807) is 13.3 Å². The van der Waals surface area contributed by atoms with Gasteiger partial charge in [-0.05, 0) is 75.3 Å². The zero-order chi connectivity index (χ0) is 20.7. The summed E-state index contributed by atoms with van der Waals surface area (Å²) in [5, 5.41) is 0. The van der Waals surface area contributed by atoms with Crippen LogP contribution in [0.1, 0.15) is 55.5 Å². The van der Waals surface area contributed by atoms with Gasteiger partial charge < -0.3 is 9.30 Å². The first-order valence-electron chi connectivity index (χ1n) is 10.5. The van der Waals surface area contributed by atoms with Crippen molar-refractivity contribution >= 4 is 11.0 Å². The summed E-state index contributed by atoms with van der Waals surface area (Å²) >= 11 is 0. The molecule has 1 aliphatic carbocycles. The molecule has 1 unspecified atom stereocenters. The van der Waals surface area contributed by atoms with Crippen molar-refractivity contribution in [2.45, 2.75) is 59.4 Å². The lowest BCUT2D eigenvalue weighted by molar-refractivity contribution is 0.203. The Morgan fingerprint density at radius 1 is 1.21 bits per heavy atom. The maximum atomic E-state index is 13.1. The van der Waals surface area contributed by atoms with Gasteiger partial charge in [0.05, 0.1) is 18.3 Å². The lowest BCUT2D eigenvalue weighted by Gasteiger charge is -2.35. The Morgan fingerprint density at radius 2 is 1.97 bits per heavy atom. The molecule has 0 aliphatic heterocycles. The molecule has 1 aliphatic rings. The molecule has 29 heavy (non-hydrogen) atoms. The minimum absolute atomic E-state index is 0.0241. The summed E-state index contributed by atoms with van der Waals surface area (Å²) in [5.41, 5.74) is 6.23. The van der Waals surface area contributed by atoms with Crippen LogP contribution in [0.25, 0.3) is 22.3 Å². The van der Waals surface area contributed by atoms with E-state index >= 15 is 0 Å². The molecule has 5 heteroatoms. The molecule has 0 bridgehead atoms. The van der Waals surface area contributed by atoms with Gasteiger partial charge in [-0.2, -0.15) is 0 Å². The highest BCUT2D eigenvalue weighted by atomic mass is 16.5. The summed E-state index contributed by atoms with van der Waals surface area (Å²) in [5.74, 6) is 1.44. The number of fused-ring (bicyclic) bond motifs is 1. The van der Waals surface area contributed by atoms with Crippen LogP contribution >= 0.6 is 0 Å². The highest BCUT2D eigenvalue weighted by Crippen LogP contribution is 2.39. The largest absolute Gasteiger partial charge is 0.496 e. The van der Waals surface area contributed by atoms with Crippen LogP contribution in [0.15, 0.2) is 29.2 Å². The van der Waals surface area contributed by atoms with E-state index in [1.807, 2.05) is 30.5 Å². The fourth-order valence-electron chi connectivity index (χ4n) is 4.59. The molecule has 0 N–H and O–H groups in total. The Kier molecular flexibility index (Phi) is 5.15. The van der Waals surface area contributed by atoms with Gasteiger partial charge in [0.25, 0.3) is 5.56 Å². The summed E-state index contributed by atoms with van der Waals surface area (Å²) < 4.78 is 7.47. The van der Waals surface area contributed by atoms with Crippen molar-refractivity contribution in [3.63, 3.8) is 0 Å². The van der Waals surface area contributed by atoms with Gasteiger partial charge in [-0.1, -0.05) is 13.3 Å². The molecule has 1 atom stereocenters. The zero-order valence-corrected chi connectivity index (χ0v) is 18.0. The third-order valence-corrected chi connectivity index (χ3v) is 6.41. The number of methoxy groups -OCH3 is 1. The number of nitrogens with zero attached hydrogens (tertiary/aromatic N) is 3. The van der Waals surface area contributed by atoms with E-state index in [0.717, 1.165) is 45.6 Å². The Labute approximate surface area is 171 Å². The lowest BCUT2D eigenvalue weighted by atomic mass is 9.78. The van der Waals surface area contributed by atoms with Gasteiger partial charge in [0.15, 0.2) is 0 Å². The summed E-state index contributed by atoms with van der Waals surface area (Å²) in [6.07, 6.45) is 6.40. The van der Waals surface area contributed by atoms with Crippen LogP contribution in [0, 0.1) is 26.7 Å². The minimum atomic E-state index is 0.0241. The molecular formula is C24H29N3O2. The molecule has 1 saturated carbocycles. The predicted octanol–water partition coefficient (Wildman–Crippen LogP) is 5.14. The molecule has 152 valence electrons. The standard InChI is InChI=1S/C24H29N3O2/c1-6-19(17-8-7-9-17)27-20-10-11-25-22(23(20)26-16(4)24(27)28)18-12-15(3)21(29-5)13-14(18)2/h10-13,17,19H,6-9H2,1-5H3. The number of aryl methyl sites for hydroxylation is 3. The molecule has 4 rings (SSSR count). The maximum absolute atomic E-state index is 13.1. The maximum Gasteiger partial charge on any atom is 0.272 e. The number of ether oxygens (including phenoxy) is 1. The molecule has 1 fully saturated rings. The number of hydrogen-bond acceptors (Lipinski definition) is 4. The second kappa shape index (κ2) is 7.62. The Bertz CT molecular complexity index is 1130. The average molecular weight is 392 g/mol. The number of hydrogen-bond donors (Lipinski definition) is 0. The van der Waals surface area contributed by atoms with Gasteiger partial charge in [-0.3, -0.25) is 9.78 Å². The molecule has 1 aromatic carbocycles. The van der Waals surface area contributed by atoms with Gasteiger partial charge >= 0.3 is 0 Å². The van der Waals surface area contributed by atoms with E-state index in [9.17, 15) is 4.79 Å². The van der Waals surface area contributed by atoms with Crippen molar-refractivity contribution in [2.75, 3.05) is 7.11 Å². The Morgan fingerprint density at radius 3 is 2.59 bits per heavy atom. The first kappa shape index (κ1) is 19.6. The van der Waals surface area contributed by atoms with E-state index in [1.165, 1.54) is 19.3 Å². The molecule has 0 saturated heterocycles. The van der Waals surface area contributed by atoms with E-state index in [2.05, 4.69) is 19.9 Å². The summed E-state index contributed by atoms with van der Waals surface area (Å²) in [4.78, 5) is 22.6. The first-order chi connectivity index (χ1) is 14.0. The highest BCUT2D eigenvalue weighted by Gasteiger charge is 2.30. The summed E-state index contributed by atoms with van der Waals surface area (Å²) in [6.45, 7) is 8.08. The number of benzene rings is 1. The SMILES string of the molecule is CCC(C1CCC1)n1c(=O)c(C)nc2c(-c3cc(C)c(OC)cc3C)nccc21. The van der Waals surface area contributed by atoms with Crippen LogP contribution < -0.4 is 10.3 Å². The van der Waals surface area contributed by atoms with Crippen LogP contribution in [0.4, 0.5) is 0 Å². The third-order valence-electron chi connectivity index (χ3n) is 6.41. The van der Waals surface area contributed by atoms with Gasteiger partial charge in [-0.25, -0.2) is 4.98 Å². The van der Waals surface area contributed by atoms with Crippen molar-refractivity contribution in [3.8, 4) is 17.0 Å². The molecule has 0 spiro atoms. The van der Waals surface area contributed by atoms with E-state index < -0.39 is 0 Å². The molecule has 0 amide bonds. The fourth-order valence-corrected chi connectivity index (χ4v) is 4.59. The monoisotopic (exact) mass is 391 g/mol. The van der Waals surface area contributed by atoms with E-state index in [4.69, 9.17) is 14.7 Å². The molecule has 3 aromatic rings. The normalized spacial score (nSPS) is 15.3. The number of rotatable bonds is 5. The topological polar surface area (TPSA) is 57.0 Å². The van der Waals surface area contributed by atoms with Crippen molar-refractivity contribution in [3.05, 3.63) is 51.6 Å². The van der Waals surface area contributed by atoms with Gasteiger partial charge in [-0.15, -0.1) is 0 Å². The molecule has 5 nitrogen and oxygen atoms in total. The Hall–Kier alpha value is -2.69. The number of aromatic nitrogens is 3. The third kappa shape index (κ3) is 3.22. The minimum Gasteiger partial charge on any atom is -0.496 e. The predicted molar refractivity (Wildman–Crippen MR) is 117 cm³/mol. The van der Waals surface area contributed by atoms with E-state index in [0.29, 0.717) is 11.6 Å². The lowest BCUT2D eigenvalue weighted by Crippen LogP contribution is -2.34. The van der Waals surface area contributed by atoms with Crippen LogP contribution in [-0.4, -0.2) is 21.6 Å². The van der Waals surface area contributed by atoms with Crippen molar-refractivity contribution < 1.29 is 4.74 Å². The van der Waals surface area contributed by atoms with Gasteiger partial charge in [0.2, 0.25) is 0 Å². The molecule has 2 aromatic heterocycles. The van der Waals surface area contributed by atoms with Crippen molar-refractivity contribution in [1.29, 1.82) is 0 Å². The molecule has 2 heterocycles. The summed E-state index contributed by atoms with van der Waals surface area (Å²) in [7, 11) is 1.69. The average Bonchev–Trinajstić information content (AvgIpc) is 2.67. The van der Waals surface area contributed by atoms with Crippen molar-refractivity contribution in [1.82, 2.24) is 14.5 Å². The molecular weight excluding hydrogens is 362 g/mol. The van der Waals surface area contributed by atoms with E-state index in [-0.39, 0.29) is 11.6 Å². The van der Waals surface area contributed by atoms with Crippen LogP contribution in [0.2, 0.25) is 0 Å². The second-order valence-electron chi connectivity index (χ2n) is 8.20. The van der Waals surface area contributed by atoms with Crippen LogP contribution in [0.5, 0.6) is 5.75 Å². The second-order valence-corrected chi connectivity index (χ2v) is 8.20. The van der Waals surface area contributed by atoms with Crippen molar-refractivity contribution in [2.24, 2.45) is 5.92 Å². The smallest absolute Gasteiger partial charge is 0.272 e. The Balaban J connectivity index is 1.99. The highest BCUT2D eigenvalue weighted by molar-refractivity contribution is 5.90. The number of pyridine rings is 1. The zero-order valence-electron chi connectivity index (χ0n) is 18.0. The van der Waals surface area contributed by atoms with Crippen LogP contribution in [-0.2, 0) is 0 Å². The quantitative estimate of drug-likeness (QED) is 0.604. The fraction of sp³-hybridized carbons (Fsp3) is 0.458. The van der Waals surface area contributed by atoms with Crippen LogP contribution in [0.3, 0.4) is 0 Å². The van der Waals surface area contributed by atoms with Gasteiger partial charge in [0.1, 0.15) is 17.0 Å². The molecule has 0 radical (unpaired) electrons. The first-order valence-corrected chi connectivity index (χ1v) is 10.5.